The number of unbranched alkanes of at least 4 members (excludes halogenated alkanes) is 1. The Morgan fingerprint density at radius 3 is 2.14 bits per heavy atom. The van der Waals surface area contributed by atoms with Crippen molar-refractivity contribution in [2.75, 3.05) is 7.11 Å². The zero-order valence-corrected chi connectivity index (χ0v) is 14.4. The van der Waals surface area contributed by atoms with E-state index in [1.54, 1.807) is 0 Å². The fraction of sp³-hybridized carbons (Fsp3) is 0.889. The van der Waals surface area contributed by atoms with Crippen LogP contribution in [-0.4, -0.2) is 18.9 Å². The molecular formula is C18H32O3. The van der Waals surface area contributed by atoms with Crippen molar-refractivity contribution in [3.05, 3.63) is 0 Å². The highest BCUT2D eigenvalue weighted by molar-refractivity contribution is 6.00. The maximum atomic E-state index is 12.7. The van der Waals surface area contributed by atoms with Crippen molar-refractivity contribution in [2.24, 2.45) is 23.2 Å². The van der Waals surface area contributed by atoms with Gasteiger partial charge in [0.2, 0.25) is 0 Å². The highest BCUT2D eigenvalue weighted by Gasteiger charge is 2.37. The zero-order valence-electron chi connectivity index (χ0n) is 14.4. The first-order valence-electron chi connectivity index (χ1n) is 8.42. The number of hydrogen-bond donors (Lipinski definition) is 0. The molecule has 3 nitrogen and oxygen atoms in total. The van der Waals surface area contributed by atoms with Crippen molar-refractivity contribution in [3.63, 3.8) is 0 Å². The van der Waals surface area contributed by atoms with Gasteiger partial charge in [0, 0.05) is 5.92 Å². The van der Waals surface area contributed by atoms with Gasteiger partial charge in [0.05, 0.1) is 7.11 Å². The number of methoxy groups -OCH3 is 1. The number of hydrogen-bond acceptors (Lipinski definition) is 3. The van der Waals surface area contributed by atoms with Gasteiger partial charge in [0.25, 0.3) is 0 Å². The van der Waals surface area contributed by atoms with Crippen LogP contribution in [0.1, 0.15) is 72.6 Å². The monoisotopic (exact) mass is 296 g/mol. The molecule has 0 spiro atoms. The molecule has 0 saturated heterocycles. The molecule has 0 N–H and O–H groups in total. The summed E-state index contributed by atoms with van der Waals surface area (Å²) in [6.07, 6.45) is 6.60. The molecule has 1 rings (SSSR count). The summed E-state index contributed by atoms with van der Waals surface area (Å²) in [5.74, 6) is -0.00137. The molecule has 3 heteroatoms. The Hall–Kier alpha value is -0.860. The minimum Gasteiger partial charge on any atom is -0.468 e. The fourth-order valence-electron chi connectivity index (χ4n) is 3.46. The molecule has 1 aliphatic carbocycles. The van der Waals surface area contributed by atoms with Crippen molar-refractivity contribution < 1.29 is 14.3 Å². The first-order valence-corrected chi connectivity index (χ1v) is 8.42. The summed E-state index contributed by atoms with van der Waals surface area (Å²) in [4.78, 5) is 24.5. The average Bonchev–Trinajstić information content (AvgIpc) is 2.46. The Balaban J connectivity index is 2.63. The summed E-state index contributed by atoms with van der Waals surface area (Å²) in [5, 5.41) is 0. The molecule has 1 aliphatic rings. The molecule has 0 aromatic heterocycles. The Kier molecular flexibility index (Phi) is 6.89. The lowest BCUT2D eigenvalue weighted by molar-refractivity contribution is -0.151. The molecule has 0 bridgehead atoms. The van der Waals surface area contributed by atoms with Crippen LogP contribution in [0.3, 0.4) is 0 Å². The lowest BCUT2D eigenvalue weighted by Crippen LogP contribution is -2.35. The molecule has 0 aromatic carbocycles. The van der Waals surface area contributed by atoms with Gasteiger partial charge in [-0.25, -0.2) is 0 Å². The maximum absolute atomic E-state index is 12.7. The minimum atomic E-state index is -0.536. The van der Waals surface area contributed by atoms with Crippen LogP contribution in [0.25, 0.3) is 0 Å². The summed E-state index contributed by atoms with van der Waals surface area (Å²) in [6, 6.07) is 0. The lowest BCUT2D eigenvalue weighted by atomic mass is 9.68. The summed E-state index contributed by atoms with van der Waals surface area (Å²) < 4.78 is 4.84. The summed E-state index contributed by atoms with van der Waals surface area (Å²) in [6.45, 7) is 8.91. The second-order valence-corrected chi connectivity index (χ2v) is 7.53. The number of rotatable bonds is 6. The summed E-state index contributed by atoms with van der Waals surface area (Å²) in [7, 11) is 1.38. The van der Waals surface area contributed by atoms with E-state index >= 15 is 0 Å². The molecule has 1 atom stereocenters. The molecule has 1 unspecified atom stereocenters. The zero-order chi connectivity index (χ0) is 16.0. The van der Waals surface area contributed by atoms with Crippen LogP contribution in [0.5, 0.6) is 0 Å². The number of esters is 1. The molecule has 0 aliphatic heterocycles. The van der Waals surface area contributed by atoms with Gasteiger partial charge in [-0.2, -0.15) is 0 Å². The van der Waals surface area contributed by atoms with Crippen molar-refractivity contribution >= 4 is 11.8 Å². The summed E-state index contributed by atoms with van der Waals surface area (Å²) >= 11 is 0. The van der Waals surface area contributed by atoms with Crippen LogP contribution in [0.15, 0.2) is 0 Å². The van der Waals surface area contributed by atoms with E-state index in [1.165, 1.54) is 7.11 Å². The Bertz CT molecular complexity index is 346. The van der Waals surface area contributed by atoms with Crippen LogP contribution in [-0.2, 0) is 14.3 Å². The molecular weight excluding hydrogens is 264 g/mol. The smallest absolute Gasteiger partial charge is 0.316 e. The van der Waals surface area contributed by atoms with Gasteiger partial charge < -0.3 is 4.74 Å². The van der Waals surface area contributed by atoms with Crippen LogP contribution in [0.4, 0.5) is 0 Å². The SMILES string of the molecule is CCCCC(C(=O)OC)C(=O)C1CCC(C(C)(C)C)CC1. The minimum absolute atomic E-state index is 0.0598. The van der Waals surface area contributed by atoms with Crippen molar-refractivity contribution in [3.8, 4) is 0 Å². The third-order valence-corrected chi connectivity index (χ3v) is 5.03. The molecule has 0 amide bonds. The average molecular weight is 296 g/mol. The third-order valence-electron chi connectivity index (χ3n) is 5.03. The van der Waals surface area contributed by atoms with Gasteiger partial charge >= 0.3 is 5.97 Å². The van der Waals surface area contributed by atoms with E-state index in [0.29, 0.717) is 17.8 Å². The molecule has 1 fully saturated rings. The highest BCUT2D eigenvalue weighted by Crippen LogP contribution is 2.40. The number of ketones is 1. The highest BCUT2D eigenvalue weighted by atomic mass is 16.5. The van der Waals surface area contributed by atoms with Gasteiger partial charge in [-0.1, -0.05) is 40.5 Å². The van der Waals surface area contributed by atoms with Crippen LogP contribution in [0, 0.1) is 23.2 Å². The number of Topliss-reactive ketones (excluding diaryl/α,β-unsaturated/α-hetero) is 1. The summed E-state index contributed by atoms with van der Waals surface area (Å²) in [5.41, 5.74) is 0.317. The normalized spacial score (nSPS) is 24.4. The molecule has 122 valence electrons. The van der Waals surface area contributed by atoms with E-state index in [2.05, 4.69) is 27.7 Å². The Morgan fingerprint density at radius 1 is 1.14 bits per heavy atom. The van der Waals surface area contributed by atoms with Crippen molar-refractivity contribution in [1.29, 1.82) is 0 Å². The standard InChI is InChI=1S/C18H32O3/c1-6-7-8-15(17(20)21-5)16(19)13-9-11-14(12-10-13)18(2,3)4/h13-15H,6-12H2,1-5H3. The van der Waals surface area contributed by atoms with E-state index < -0.39 is 5.92 Å². The second kappa shape index (κ2) is 7.95. The predicted molar refractivity (Wildman–Crippen MR) is 84.9 cm³/mol. The van der Waals surface area contributed by atoms with Gasteiger partial charge in [-0.15, -0.1) is 0 Å². The van der Waals surface area contributed by atoms with Gasteiger partial charge in [0.1, 0.15) is 11.7 Å². The molecule has 0 radical (unpaired) electrons. The molecule has 21 heavy (non-hydrogen) atoms. The topological polar surface area (TPSA) is 43.4 Å². The van der Waals surface area contributed by atoms with E-state index in [0.717, 1.165) is 38.5 Å². The molecule has 0 heterocycles. The van der Waals surface area contributed by atoms with Crippen LogP contribution < -0.4 is 0 Å². The van der Waals surface area contributed by atoms with Crippen molar-refractivity contribution in [2.45, 2.75) is 72.6 Å². The van der Waals surface area contributed by atoms with E-state index in [1.807, 2.05) is 0 Å². The van der Waals surface area contributed by atoms with Gasteiger partial charge in [-0.05, 0) is 43.4 Å². The fourth-order valence-corrected chi connectivity index (χ4v) is 3.46. The number of ether oxygens (including phenoxy) is 1. The van der Waals surface area contributed by atoms with Crippen LogP contribution in [0.2, 0.25) is 0 Å². The van der Waals surface area contributed by atoms with Gasteiger partial charge in [0.15, 0.2) is 0 Å². The predicted octanol–water partition coefficient (Wildman–Crippen LogP) is 4.39. The third kappa shape index (κ3) is 5.12. The quantitative estimate of drug-likeness (QED) is 0.539. The largest absolute Gasteiger partial charge is 0.468 e. The number of carbonyl (C=O) groups is 2. The van der Waals surface area contributed by atoms with E-state index in [4.69, 9.17) is 4.74 Å². The van der Waals surface area contributed by atoms with E-state index in [-0.39, 0.29) is 17.7 Å². The maximum Gasteiger partial charge on any atom is 0.316 e. The molecule has 1 saturated carbocycles. The first-order chi connectivity index (χ1) is 9.81. The van der Waals surface area contributed by atoms with Crippen molar-refractivity contribution in [1.82, 2.24) is 0 Å². The Labute approximate surface area is 129 Å². The Morgan fingerprint density at radius 2 is 1.71 bits per heavy atom. The van der Waals surface area contributed by atoms with Crippen LogP contribution >= 0.6 is 0 Å². The second-order valence-electron chi connectivity index (χ2n) is 7.53. The lowest BCUT2D eigenvalue weighted by Gasteiger charge is -2.37. The first kappa shape index (κ1) is 18.2. The number of carbonyl (C=O) groups excluding carboxylic acids is 2. The van der Waals surface area contributed by atoms with Gasteiger partial charge in [-0.3, -0.25) is 9.59 Å². The van der Waals surface area contributed by atoms with E-state index in [9.17, 15) is 9.59 Å². The molecule has 0 aromatic rings.